The van der Waals surface area contributed by atoms with Gasteiger partial charge in [-0.25, -0.2) is 9.78 Å². The Kier molecular flexibility index (Phi) is 7.19. The summed E-state index contributed by atoms with van der Waals surface area (Å²) >= 11 is 0. The summed E-state index contributed by atoms with van der Waals surface area (Å²) < 4.78 is 16.9. The maximum atomic E-state index is 12.5. The Morgan fingerprint density at radius 1 is 1.18 bits per heavy atom. The van der Waals surface area contributed by atoms with Gasteiger partial charge in [-0.3, -0.25) is 9.69 Å². The molecule has 0 saturated carbocycles. The molecule has 3 aromatic rings. The molecular formula is C27H29N7O5. The van der Waals surface area contributed by atoms with Crippen molar-refractivity contribution in [2.75, 3.05) is 43.0 Å². The number of cyclic esters (lactones) is 1. The number of anilines is 2. The van der Waals surface area contributed by atoms with Crippen LogP contribution in [0.4, 0.5) is 16.4 Å². The number of carbonyl (C=O) groups is 2. The molecule has 1 aromatic carbocycles. The maximum Gasteiger partial charge on any atom is 0.415 e. The van der Waals surface area contributed by atoms with E-state index in [1.807, 2.05) is 18.2 Å². The minimum atomic E-state index is -0.459. The van der Waals surface area contributed by atoms with Crippen molar-refractivity contribution in [3.8, 4) is 22.8 Å². The van der Waals surface area contributed by atoms with Crippen molar-refractivity contribution in [1.82, 2.24) is 25.8 Å². The first-order valence-corrected chi connectivity index (χ1v) is 13.0. The van der Waals surface area contributed by atoms with Gasteiger partial charge >= 0.3 is 6.09 Å². The zero-order valence-corrected chi connectivity index (χ0v) is 21.3. The highest BCUT2D eigenvalue weighted by molar-refractivity contribution is 5.95. The molecule has 2 saturated heterocycles. The molecule has 2 amide bonds. The van der Waals surface area contributed by atoms with Gasteiger partial charge in [-0.15, -0.1) is 0 Å². The fourth-order valence-electron chi connectivity index (χ4n) is 4.77. The second kappa shape index (κ2) is 11.2. The van der Waals surface area contributed by atoms with E-state index in [4.69, 9.17) is 14.2 Å². The van der Waals surface area contributed by atoms with Gasteiger partial charge in [0.1, 0.15) is 23.8 Å². The van der Waals surface area contributed by atoms with Crippen molar-refractivity contribution in [3.05, 3.63) is 54.2 Å². The normalized spacial score (nSPS) is 20.3. The molecular weight excluding hydrogens is 502 g/mol. The van der Waals surface area contributed by atoms with Crippen LogP contribution in [0.15, 0.2) is 48.7 Å². The Morgan fingerprint density at radius 2 is 2.13 bits per heavy atom. The van der Waals surface area contributed by atoms with E-state index in [1.165, 1.54) is 4.90 Å². The lowest BCUT2D eigenvalue weighted by Gasteiger charge is -2.19. The summed E-state index contributed by atoms with van der Waals surface area (Å²) in [5.41, 5.74) is 2.84. The summed E-state index contributed by atoms with van der Waals surface area (Å²) in [6.45, 7) is 3.46. The summed E-state index contributed by atoms with van der Waals surface area (Å²) in [6, 6.07) is 13.4. The second-order valence-electron chi connectivity index (χ2n) is 9.64. The van der Waals surface area contributed by atoms with Crippen molar-refractivity contribution in [3.63, 3.8) is 0 Å². The van der Waals surface area contributed by atoms with E-state index in [-0.39, 0.29) is 24.7 Å². The topological polar surface area (TPSA) is 140 Å². The summed E-state index contributed by atoms with van der Waals surface area (Å²) in [4.78, 5) is 29.9. The molecule has 39 heavy (non-hydrogen) atoms. The lowest BCUT2D eigenvalue weighted by atomic mass is 10.1. The minimum absolute atomic E-state index is 0.0477. The molecule has 2 aromatic heterocycles. The molecule has 6 rings (SSSR count). The molecule has 5 heterocycles. The average molecular weight is 532 g/mol. The maximum absolute atomic E-state index is 12.5. The zero-order chi connectivity index (χ0) is 26.6. The highest BCUT2D eigenvalue weighted by Gasteiger charge is 2.33. The van der Waals surface area contributed by atoms with Crippen LogP contribution in [-0.2, 0) is 16.1 Å². The van der Waals surface area contributed by atoms with Crippen molar-refractivity contribution < 1.29 is 23.8 Å². The predicted octanol–water partition coefficient (Wildman–Crippen LogP) is 2.12. The van der Waals surface area contributed by atoms with Crippen molar-refractivity contribution >= 4 is 23.6 Å². The number of nitrogens with zero attached hydrogens (tertiary/aromatic N) is 4. The summed E-state index contributed by atoms with van der Waals surface area (Å²) in [5.74, 6) is 1.64. The predicted molar refractivity (Wildman–Crippen MR) is 142 cm³/mol. The number of fused-ring (bicyclic) bond motifs is 1. The average Bonchev–Trinajstić information content (AvgIpc) is 3.60. The molecule has 12 heteroatoms. The van der Waals surface area contributed by atoms with E-state index in [0.29, 0.717) is 43.4 Å². The number of hydrogen-bond donors (Lipinski definition) is 3. The Labute approximate surface area is 225 Å². The lowest BCUT2D eigenvalue weighted by molar-refractivity contribution is -0.118. The largest absolute Gasteiger partial charge is 0.487 e. The third-order valence-electron chi connectivity index (χ3n) is 6.75. The van der Waals surface area contributed by atoms with Crippen molar-refractivity contribution in [2.24, 2.45) is 0 Å². The first-order valence-electron chi connectivity index (χ1n) is 13.0. The molecule has 2 fully saturated rings. The fourth-order valence-corrected chi connectivity index (χ4v) is 4.77. The van der Waals surface area contributed by atoms with Crippen LogP contribution in [0.2, 0.25) is 0 Å². The van der Waals surface area contributed by atoms with Crippen molar-refractivity contribution in [2.45, 2.75) is 31.6 Å². The number of benzene rings is 1. The molecule has 0 unspecified atom stereocenters. The van der Waals surface area contributed by atoms with Gasteiger partial charge in [0.2, 0.25) is 0 Å². The Bertz CT molecular complexity index is 1360. The number of nitrogens with one attached hydrogen (secondary N) is 3. The van der Waals surface area contributed by atoms with Crippen LogP contribution in [-0.4, -0.2) is 72.2 Å². The van der Waals surface area contributed by atoms with E-state index in [1.54, 1.807) is 18.3 Å². The summed E-state index contributed by atoms with van der Waals surface area (Å²) in [6.07, 6.45) is 2.71. The van der Waals surface area contributed by atoms with Gasteiger partial charge in [-0.2, -0.15) is 10.2 Å². The number of amides is 2. The Morgan fingerprint density at radius 3 is 3.03 bits per heavy atom. The van der Waals surface area contributed by atoms with E-state index in [2.05, 4.69) is 43.3 Å². The molecule has 3 N–H and O–H groups in total. The van der Waals surface area contributed by atoms with E-state index in [9.17, 15) is 9.59 Å². The molecule has 0 aliphatic carbocycles. The van der Waals surface area contributed by atoms with Gasteiger partial charge in [0.05, 0.1) is 18.4 Å². The van der Waals surface area contributed by atoms with Crippen LogP contribution in [0.1, 0.15) is 18.4 Å². The number of ether oxygens (including phenoxy) is 3. The van der Waals surface area contributed by atoms with Crippen molar-refractivity contribution in [1.29, 1.82) is 0 Å². The monoisotopic (exact) mass is 531 g/mol. The number of carbonyl (C=O) groups excluding carboxylic acids is 2. The number of pyridine rings is 1. The third-order valence-corrected chi connectivity index (χ3v) is 6.75. The molecule has 202 valence electrons. The van der Waals surface area contributed by atoms with E-state index in [0.717, 1.165) is 42.1 Å². The van der Waals surface area contributed by atoms with E-state index < -0.39 is 6.09 Å². The quantitative estimate of drug-likeness (QED) is 0.352. The smallest absolute Gasteiger partial charge is 0.415 e. The highest BCUT2D eigenvalue weighted by Crippen LogP contribution is 2.30. The Balaban J connectivity index is 1.000. The zero-order valence-electron chi connectivity index (χ0n) is 21.3. The molecule has 12 nitrogen and oxygen atoms in total. The van der Waals surface area contributed by atoms with Gasteiger partial charge in [0.15, 0.2) is 18.2 Å². The molecule has 0 spiro atoms. The minimum Gasteiger partial charge on any atom is -0.487 e. The molecule has 3 aliphatic heterocycles. The van der Waals surface area contributed by atoms with Crippen LogP contribution in [0.25, 0.3) is 11.3 Å². The van der Waals surface area contributed by atoms with Gasteiger partial charge in [0, 0.05) is 24.7 Å². The van der Waals surface area contributed by atoms with E-state index >= 15 is 0 Å². The van der Waals surface area contributed by atoms with Gasteiger partial charge in [-0.05, 0) is 49.7 Å². The fraction of sp³-hybridized carbons (Fsp3) is 0.370. The number of hydrogen-bond acceptors (Lipinski definition) is 10. The van der Waals surface area contributed by atoms with Gasteiger partial charge < -0.3 is 30.2 Å². The lowest BCUT2D eigenvalue weighted by Crippen LogP contribution is -2.29. The van der Waals surface area contributed by atoms with Gasteiger partial charge in [-0.1, -0.05) is 18.2 Å². The Hall–Kier alpha value is -4.29. The second-order valence-corrected chi connectivity index (χ2v) is 9.64. The first kappa shape index (κ1) is 25.0. The molecule has 2 atom stereocenters. The highest BCUT2D eigenvalue weighted by atomic mass is 16.6. The number of rotatable bonds is 9. The summed E-state index contributed by atoms with van der Waals surface area (Å²) in [5, 5.41) is 17.8. The van der Waals surface area contributed by atoms with Crippen LogP contribution in [0.5, 0.6) is 11.5 Å². The van der Waals surface area contributed by atoms with Crippen LogP contribution >= 0.6 is 0 Å². The standard InChI is InChI=1S/C27H29N7O5/c35-25-16-37-23-4-5-24(31-26(23)32-25)34-15-20(39-27(34)36)7-9-28-12-17-2-1-3-18(10-17)22-11-21(14-30-33-22)38-19-6-8-29-13-19/h1-5,10-11,14,19-20,28-29H,6-9,12-13,15-16H2,(H,31,32,35)/t19-,20-/m0/s1. The van der Waals surface area contributed by atoms with Gasteiger partial charge in [0.25, 0.3) is 5.91 Å². The molecule has 0 radical (unpaired) electrons. The third kappa shape index (κ3) is 5.91. The number of aromatic nitrogens is 3. The van der Waals surface area contributed by atoms with Crippen LogP contribution < -0.4 is 30.3 Å². The SMILES string of the molecule is O=C1COc2ccc(N3C[C@H](CCNCc4cccc(-c5cc(O[C@H]6CCNC6)cnn5)c4)OC3=O)nc2N1. The summed E-state index contributed by atoms with van der Waals surface area (Å²) in [7, 11) is 0. The molecule has 0 bridgehead atoms. The van der Waals surface area contributed by atoms with Crippen LogP contribution in [0.3, 0.4) is 0 Å². The van der Waals surface area contributed by atoms with Crippen LogP contribution in [0, 0.1) is 0 Å². The first-order chi connectivity index (χ1) is 19.1. The molecule has 3 aliphatic rings.